The normalized spacial score (nSPS) is 9.88. The van der Waals surface area contributed by atoms with Crippen molar-refractivity contribution in [2.24, 2.45) is 0 Å². The molecular weight excluding hydrogens is 199 g/mol. The Morgan fingerprint density at radius 1 is 1.19 bits per heavy atom. The van der Waals surface area contributed by atoms with E-state index >= 15 is 0 Å². The van der Waals surface area contributed by atoms with Gasteiger partial charge in [-0.05, 0) is 30.5 Å². The van der Waals surface area contributed by atoms with E-state index in [2.05, 4.69) is 19.2 Å². The van der Waals surface area contributed by atoms with Gasteiger partial charge in [-0.1, -0.05) is 44.9 Å². The van der Waals surface area contributed by atoms with Crippen LogP contribution in [0.2, 0.25) is 0 Å². The van der Waals surface area contributed by atoms with E-state index in [0.29, 0.717) is 0 Å². The van der Waals surface area contributed by atoms with Gasteiger partial charge in [0, 0.05) is 5.57 Å². The molecule has 86 valence electrons. The molecule has 1 aromatic carbocycles. The third-order valence-corrected chi connectivity index (χ3v) is 2.69. The minimum atomic E-state index is -0.196. The molecule has 0 aliphatic heterocycles. The van der Waals surface area contributed by atoms with Gasteiger partial charge in [0.05, 0.1) is 0 Å². The largest absolute Gasteiger partial charge is 0.207 e. The van der Waals surface area contributed by atoms with E-state index in [9.17, 15) is 4.39 Å². The van der Waals surface area contributed by atoms with Gasteiger partial charge in [0.25, 0.3) is 0 Å². The van der Waals surface area contributed by atoms with Crippen molar-refractivity contribution in [1.29, 1.82) is 0 Å². The average Bonchev–Trinajstić information content (AvgIpc) is 2.31. The standard InChI is InChI=1S/C15H19F/c1-3-5-6-7-8-13(4-2)14-9-11-15(16)12-10-14/h9-12H,2-3,5-8H2,1H3. The quantitative estimate of drug-likeness (QED) is 0.467. The summed E-state index contributed by atoms with van der Waals surface area (Å²) in [5, 5.41) is 0. The van der Waals surface area contributed by atoms with E-state index in [0.717, 1.165) is 24.0 Å². The molecule has 0 radical (unpaired) electrons. The van der Waals surface area contributed by atoms with Gasteiger partial charge in [-0.15, -0.1) is 5.73 Å². The van der Waals surface area contributed by atoms with Crippen LogP contribution in [0.25, 0.3) is 5.57 Å². The van der Waals surface area contributed by atoms with Gasteiger partial charge in [0.2, 0.25) is 0 Å². The van der Waals surface area contributed by atoms with Crippen molar-refractivity contribution in [2.45, 2.75) is 39.0 Å². The minimum Gasteiger partial charge on any atom is -0.207 e. The van der Waals surface area contributed by atoms with Crippen LogP contribution in [-0.4, -0.2) is 0 Å². The SMILES string of the molecule is C=C=C(CCCCCC)c1ccc(F)cc1. The van der Waals surface area contributed by atoms with Gasteiger partial charge in [0.15, 0.2) is 0 Å². The molecule has 0 heterocycles. The van der Waals surface area contributed by atoms with Crippen molar-refractivity contribution in [1.82, 2.24) is 0 Å². The summed E-state index contributed by atoms with van der Waals surface area (Å²) in [4.78, 5) is 0. The second kappa shape index (κ2) is 7.03. The molecule has 0 amide bonds. The van der Waals surface area contributed by atoms with Crippen LogP contribution in [0.1, 0.15) is 44.6 Å². The summed E-state index contributed by atoms with van der Waals surface area (Å²) >= 11 is 0. The van der Waals surface area contributed by atoms with E-state index in [1.807, 2.05) is 0 Å². The molecule has 1 rings (SSSR count). The smallest absolute Gasteiger partial charge is 0.123 e. The third-order valence-electron chi connectivity index (χ3n) is 2.69. The van der Waals surface area contributed by atoms with Crippen molar-refractivity contribution >= 4 is 5.57 Å². The van der Waals surface area contributed by atoms with E-state index in [1.165, 1.54) is 31.4 Å². The second-order valence-electron chi connectivity index (χ2n) is 3.97. The van der Waals surface area contributed by atoms with Crippen LogP contribution in [-0.2, 0) is 0 Å². The number of hydrogen-bond donors (Lipinski definition) is 0. The summed E-state index contributed by atoms with van der Waals surface area (Å²) in [6, 6.07) is 6.56. The lowest BCUT2D eigenvalue weighted by Gasteiger charge is -2.05. The highest BCUT2D eigenvalue weighted by Gasteiger charge is 2.01. The van der Waals surface area contributed by atoms with Crippen molar-refractivity contribution in [3.63, 3.8) is 0 Å². The first-order valence-corrected chi connectivity index (χ1v) is 5.92. The summed E-state index contributed by atoms with van der Waals surface area (Å²) in [5.41, 5.74) is 5.09. The van der Waals surface area contributed by atoms with Crippen molar-refractivity contribution < 1.29 is 4.39 Å². The zero-order valence-electron chi connectivity index (χ0n) is 9.93. The average molecular weight is 218 g/mol. The fourth-order valence-electron chi connectivity index (χ4n) is 1.71. The Labute approximate surface area is 97.5 Å². The van der Waals surface area contributed by atoms with Gasteiger partial charge in [0.1, 0.15) is 5.82 Å². The lowest BCUT2D eigenvalue weighted by Crippen LogP contribution is -1.85. The number of benzene rings is 1. The predicted octanol–water partition coefficient (Wildman–Crippen LogP) is 4.96. The summed E-state index contributed by atoms with van der Waals surface area (Å²) in [6.45, 7) is 5.90. The molecular formula is C15H19F. The second-order valence-corrected chi connectivity index (χ2v) is 3.97. The maximum absolute atomic E-state index is 12.8. The molecule has 0 nitrogen and oxygen atoms in total. The Morgan fingerprint density at radius 3 is 2.44 bits per heavy atom. The van der Waals surface area contributed by atoms with E-state index < -0.39 is 0 Å². The summed E-state index contributed by atoms with van der Waals surface area (Å²) in [5.74, 6) is -0.196. The maximum Gasteiger partial charge on any atom is 0.123 e. The Balaban J connectivity index is 2.55. The van der Waals surface area contributed by atoms with Gasteiger partial charge < -0.3 is 0 Å². The highest BCUT2D eigenvalue weighted by Crippen LogP contribution is 2.20. The topological polar surface area (TPSA) is 0 Å². The van der Waals surface area contributed by atoms with Gasteiger partial charge in [-0.3, -0.25) is 0 Å². The third kappa shape index (κ3) is 4.04. The van der Waals surface area contributed by atoms with Crippen LogP contribution < -0.4 is 0 Å². The predicted molar refractivity (Wildman–Crippen MR) is 67.7 cm³/mol. The molecule has 1 aromatic rings. The van der Waals surface area contributed by atoms with Gasteiger partial charge >= 0.3 is 0 Å². The van der Waals surface area contributed by atoms with Crippen LogP contribution in [0.5, 0.6) is 0 Å². The van der Waals surface area contributed by atoms with Crippen molar-refractivity contribution in [3.8, 4) is 0 Å². The first-order chi connectivity index (χ1) is 7.77. The Morgan fingerprint density at radius 2 is 1.88 bits per heavy atom. The van der Waals surface area contributed by atoms with E-state index in [-0.39, 0.29) is 5.82 Å². The maximum atomic E-state index is 12.8. The lowest BCUT2D eigenvalue weighted by molar-refractivity contribution is 0.627. The highest BCUT2D eigenvalue weighted by molar-refractivity contribution is 5.64. The van der Waals surface area contributed by atoms with Crippen LogP contribution in [0.4, 0.5) is 4.39 Å². The molecule has 0 spiro atoms. The molecule has 0 saturated heterocycles. The molecule has 0 saturated carbocycles. The minimum absolute atomic E-state index is 0.196. The fraction of sp³-hybridized carbons (Fsp3) is 0.400. The Kier molecular flexibility index (Phi) is 5.60. The molecule has 0 aliphatic carbocycles. The van der Waals surface area contributed by atoms with Crippen molar-refractivity contribution in [2.75, 3.05) is 0 Å². The zero-order valence-corrected chi connectivity index (χ0v) is 9.93. The first-order valence-electron chi connectivity index (χ1n) is 5.92. The lowest BCUT2D eigenvalue weighted by atomic mass is 10.0. The number of hydrogen-bond acceptors (Lipinski definition) is 0. The zero-order chi connectivity index (χ0) is 11.8. The fourth-order valence-corrected chi connectivity index (χ4v) is 1.71. The Hall–Kier alpha value is -1.33. The van der Waals surface area contributed by atoms with Gasteiger partial charge in [-0.2, -0.15) is 0 Å². The summed E-state index contributed by atoms with van der Waals surface area (Å²) < 4.78 is 12.8. The van der Waals surface area contributed by atoms with Gasteiger partial charge in [-0.25, -0.2) is 4.39 Å². The van der Waals surface area contributed by atoms with E-state index in [1.54, 1.807) is 12.1 Å². The molecule has 1 heteroatoms. The molecule has 0 fully saturated rings. The van der Waals surface area contributed by atoms with Crippen molar-refractivity contribution in [3.05, 3.63) is 48.0 Å². The van der Waals surface area contributed by atoms with Crippen LogP contribution >= 0.6 is 0 Å². The number of unbranched alkanes of at least 4 members (excludes halogenated alkanes) is 3. The number of rotatable bonds is 6. The highest BCUT2D eigenvalue weighted by atomic mass is 19.1. The Bertz CT molecular complexity index is 356. The summed E-state index contributed by atoms with van der Waals surface area (Å²) in [7, 11) is 0. The molecule has 0 N–H and O–H groups in total. The molecule has 16 heavy (non-hydrogen) atoms. The van der Waals surface area contributed by atoms with Crippen LogP contribution in [0.15, 0.2) is 36.6 Å². The number of halogens is 1. The molecule has 0 atom stereocenters. The first kappa shape index (κ1) is 12.7. The number of allylic oxidation sites excluding steroid dienone is 1. The van der Waals surface area contributed by atoms with Crippen LogP contribution in [0.3, 0.4) is 0 Å². The monoisotopic (exact) mass is 218 g/mol. The van der Waals surface area contributed by atoms with E-state index in [4.69, 9.17) is 0 Å². The summed E-state index contributed by atoms with van der Waals surface area (Å²) in [6.07, 6.45) is 5.89. The molecule has 0 bridgehead atoms. The molecule has 0 aliphatic rings. The van der Waals surface area contributed by atoms with Crippen LogP contribution in [0, 0.1) is 5.82 Å². The molecule has 0 aromatic heterocycles. The molecule has 0 unspecified atom stereocenters.